The molecule has 3 aromatic rings. The van der Waals surface area contributed by atoms with Gasteiger partial charge in [0.1, 0.15) is 12.3 Å². The van der Waals surface area contributed by atoms with Gasteiger partial charge < -0.3 is 24.8 Å². The number of phenols is 1. The van der Waals surface area contributed by atoms with Gasteiger partial charge in [0.05, 0.1) is 6.10 Å². The third-order valence-corrected chi connectivity index (χ3v) is 4.53. The van der Waals surface area contributed by atoms with Crippen LogP contribution in [0.1, 0.15) is 18.9 Å². The minimum Gasteiger partial charge on any atom is -0.504 e. The second-order valence-electron chi connectivity index (χ2n) is 6.84. The van der Waals surface area contributed by atoms with Crippen LogP contribution in [0.15, 0.2) is 47.0 Å². The Balaban J connectivity index is 1.56. The molecular formula is C21H20N2O5. The summed E-state index contributed by atoms with van der Waals surface area (Å²) < 4.78 is 10.8. The number of aliphatic hydroxyl groups excluding tert-OH is 1. The van der Waals surface area contributed by atoms with Crippen molar-refractivity contribution < 1.29 is 24.3 Å². The number of nitrogens with one attached hydrogen (secondary N) is 1. The van der Waals surface area contributed by atoms with E-state index in [4.69, 9.17) is 9.26 Å². The number of nitrogens with zero attached hydrogens (tertiary/aromatic N) is 1. The first kappa shape index (κ1) is 18.1. The summed E-state index contributed by atoms with van der Waals surface area (Å²) in [5, 5.41) is 26.4. The van der Waals surface area contributed by atoms with E-state index in [-0.39, 0.29) is 18.3 Å². The molecule has 2 aromatic carbocycles. The maximum absolute atomic E-state index is 11.5. The molecule has 0 saturated heterocycles. The van der Waals surface area contributed by atoms with Crippen molar-refractivity contribution in [2.75, 3.05) is 11.9 Å². The lowest BCUT2D eigenvalue weighted by molar-refractivity contribution is -0.116. The lowest BCUT2D eigenvalue weighted by Crippen LogP contribution is -2.18. The Morgan fingerprint density at radius 2 is 2.00 bits per heavy atom. The Labute approximate surface area is 161 Å². The molecule has 144 valence electrons. The minimum atomic E-state index is -0.624. The van der Waals surface area contributed by atoms with Gasteiger partial charge in [0.2, 0.25) is 5.91 Å². The predicted octanol–water partition coefficient (Wildman–Crippen LogP) is 3.36. The van der Waals surface area contributed by atoms with Crippen molar-refractivity contribution in [1.82, 2.24) is 5.16 Å². The van der Waals surface area contributed by atoms with E-state index in [9.17, 15) is 15.0 Å². The number of aromatic nitrogens is 1. The molecule has 3 N–H and O–H groups in total. The lowest BCUT2D eigenvalue weighted by atomic mass is 9.99. The second kappa shape index (κ2) is 7.36. The number of carbonyl (C=O) groups is 1. The summed E-state index contributed by atoms with van der Waals surface area (Å²) in [7, 11) is 0. The van der Waals surface area contributed by atoms with Crippen molar-refractivity contribution in [3.63, 3.8) is 0 Å². The summed E-state index contributed by atoms with van der Waals surface area (Å²) in [4.78, 5) is 11.5. The standard InChI is InChI=1S/C21H20N2O5/c1-12(24)11-27-19-6-3-15(9-18(19)25)20-10-17(23-28-20)14-2-5-16-13(8-14)4-7-21(26)22-16/h2-3,5-6,8-10,12,24-25H,4,7,11H2,1H3,(H,22,26). The molecule has 0 radical (unpaired) electrons. The Morgan fingerprint density at radius 1 is 1.18 bits per heavy atom. The van der Waals surface area contributed by atoms with Crippen molar-refractivity contribution in [2.45, 2.75) is 25.9 Å². The van der Waals surface area contributed by atoms with Crippen molar-refractivity contribution in [3.05, 3.63) is 48.0 Å². The summed E-state index contributed by atoms with van der Waals surface area (Å²) >= 11 is 0. The molecule has 7 heteroatoms. The molecule has 28 heavy (non-hydrogen) atoms. The smallest absolute Gasteiger partial charge is 0.224 e. The number of phenolic OH excluding ortho intramolecular Hbond substituents is 1. The van der Waals surface area contributed by atoms with Gasteiger partial charge in [-0.3, -0.25) is 4.79 Å². The van der Waals surface area contributed by atoms with Gasteiger partial charge in [-0.25, -0.2) is 0 Å². The van der Waals surface area contributed by atoms with E-state index in [1.807, 2.05) is 18.2 Å². The molecule has 0 bridgehead atoms. The number of ether oxygens (including phenoxy) is 1. The highest BCUT2D eigenvalue weighted by molar-refractivity contribution is 5.94. The van der Waals surface area contributed by atoms with Crippen LogP contribution >= 0.6 is 0 Å². The van der Waals surface area contributed by atoms with Gasteiger partial charge in [0, 0.05) is 29.3 Å². The molecule has 1 unspecified atom stereocenters. The highest BCUT2D eigenvalue weighted by atomic mass is 16.5. The van der Waals surface area contributed by atoms with E-state index in [2.05, 4.69) is 10.5 Å². The fourth-order valence-electron chi connectivity index (χ4n) is 3.09. The first-order valence-electron chi connectivity index (χ1n) is 9.04. The van der Waals surface area contributed by atoms with Crippen LogP contribution in [0.2, 0.25) is 0 Å². The monoisotopic (exact) mass is 380 g/mol. The number of hydrogen-bond donors (Lipinski definition) is 3. The van der Waals surface area contributed by atoms with Crippen molar-refractivity contribution in [1.29, 1.82) is 0 Å². The van der Waals surface area contributed by atoms with Crippen LogP contribution in [0.5, 0.6) is 11.5 Å². The molecule has 4 rings (SSSR count). The van der Waals surface area contributed by atoms with E-state index < -0.39 is 6.10 Å². The van der Waals surface area contributed by atoms with Crippen molar-refractivity contribution in [2.24, 2.45) is 0 Å². The average Bonchev–Trinajstić information content (AvgIpc) is 3.16. The molecule has 0 spiro atoms. The van der Waals surface area contributed by atoms with Gasteiger partial charge in [-0.1, -0.05) is 11.2 Å². The Hall–Kier alpha value is -3.32. The van der Waals surface area contributed by atoms with Gasteiger partial charge in [-0.15, -0.1) is 0 Å². The van der Waals surface area contributed by atoms with E-state index in [0.717, 1.165) is 16.8 Å². The fourth-order valence-corrected chi connectivity index (χ4v) is 3.09. The topological polar surface area (TPSA) is 105 Å². The molecule has 1 aliphatic heterocycles. The Kier molecular flexibility index (Phi) is 4.75. The Bertz CT molecular complexity index is 1030. The zero-order valence-electron chi connectivity index (χ0n) is 15.3. The molecule has 1 atom stereocenters. The highest BCUT2D eigenvalue weighted by Gasteiger charge is 2.17. The molecule has 2 heterocycles. The highest BCUT2D eigenvalue weighted by Crippen LogP contribution is 2.34. The van der Waals surface area contributed by atoms with Crippen molar-refractivity contribution in [3.8, 4) is 34.1 Å². The number of rotatable bonds is 5. The minimum absolute atomic E-state index is 0.0321. The molecule has 0 aliphatic carbocycles. The summed E-state index contributed by atoms with van der Waals surface area (Å²) in [5.74, 6) is 0.796. The normalized spacial score (nSPS) is 14.3. The number of hydrogen-bond acceptors (Lipinski definition) is 6. The summed E-state index contributed by atoms with van der Waals surface area (Å²) in [6.07, 6.45) is 0.547. The van der Waals surface area contributed by atoms with Crippen LogP contribution in [-0.2, 0) is 11.2 Å². The third-order valence-electron chi connectivity index (χ3n) is 4.53. The molecule has 7 nitrogen and oxygen atoms in total. The van der Waals surface area contributed by atoms with Crippen LogP contribution in [0.3, 0.4) is 0 Å². The zero-order valence-corrected chi connectivity index (χ0v) is 15.3. The third kappa shape index (κ3) is 3.70. The SMILES string of the molecule is CC(O)COc1ccc(-c2cc(-c3ccc4c(c3)CCC(=O)N4)no2)cc1O. The maximum Gasteiger partial charge on any atom is 0.224 e. The van der Waals surface area contributed by atoms with Gasteiger partial charge in [0.25, 0.3) is 0 Å². The number of fused-ring (bicyclic) bond motifs is 1. The first-order chi connectivity index (χ1) is 13.5. The number of aliphatic hydroxyl groups is 1. The first-order valence-corrected chi connectivity index (χ1v) is 9.04. The quantitative estimate of drug-likeness (QED) is 0.627. The number of aryl methyl sites for hydroxylation is 1. The predicted molar refractivity (Wildman–Crippen MR) is 103 cm³/mol. The van der Waals surface area contributed by atoms with Gasteiger partial charge in [-0.2, -0.15) is 0 Å². The summed E-state index contributed by atoms with van der Waals surface area (Å²) in [5.41, 5.74) is 4.13. The van der Waals surface area contributed by atoms with Gasteiger partial charge in [0.15, 0.2) is 17.3 Å². The second-order valence-corrected chi connectivity index (χ2v) is 6.84. The van der Waals surface area contributed by atoms with E-state index >= 15 is 0 Å². The van der Waals surface area contributed by atoms with Gasteiger partial charge >= 0.3 is 0 Å². The summed E-state index contributed by atoms with van der Waals surface area (Å²) in [6, 6.07) is 12.5. The zero-order chi connectivity index (χ0) is 19.7. The maximum atomic E-state index is 11.5. The van der Waals surface area contributed by atoms with Crippen LogP contribution in [-0.4, -0.2) is 34.0 Å². The van der Waals surface area contributed by atoms with Crippen LogP contribution in [0.25, 0.3) is 22.6 Å². The summed E-state index contributed by atoms with van der Waals surface area (Å²) in [6.45, 7) is 1.70. The number of benzene rings is 2. The van der Waals surface area contributed by atoms with Crippen LogP contribution < -0.4 is 10.1 Å². The average molecular weight is 380 g/mol. The van der Waals surface area contributed by atoms with E-state index in [1.54, 1.807) is 25.1 Å². The largest absolute Gasteiger partial charge is 0.504 e. The Morgan fingerprint density at radius 3 is 2.79 bits per heavy atom. The van der Waals surface area contributed by atoms with Crippen LogP contribution in [0.4, 0.5) is 5.69 Å². The van der Waals surface area contributed by atoms with E-state index in [1.165, 1.54) is 6.07 Å². The number of amides is 1. The number of aromatic hydroxyl groups is 1. The number of carbonyl (C=O) groups excluding carboxylic acids is 1. The van der Waals surface area contributed by atoms with E-state index in [0.29, 0.717) is 35.6 Å². The molecule has 0 saturated carbocycles. The molecule has 1 aromatic heterocycles. The fraction of sp³-hybridized carbons (Fsp3) is 0.238. The molecule has 1 aliphatic rings. The lowest BCUT2D eigenvalue weighted by Gasteiger charge is -2.16. The molecular weight excluding hydrogens is 360 g/mol. The van der Waals surface area contributed by atoms with Gasteiger partial charge in [-0.05, 0) is 49.2 Å². The molecule has 1 amide bonds. The van der Waals surface area contributed by atoms with Crippen LogP contribution in [0, 0.1) is 0 Å². The number of anilines is 1. The van der Waals surface area contributed by atoms with Crippen molar-refractivity contribution >= 4 is 11.6 Å². The molecule has 0 fully saturated rings.